The Kier molecular flexibility index (Phi) is 2.28. The van der Waals surface area contributed by atoms with E-state index in [4.69, 9.17) is 0 Å². The van der Waals surface area contributed by atoms with Crippen LogP contribution in [0.4, 0.5) is 0 Å². The van der Waals surface area contributed by atoms with E-state index < -0.39 is 0 Å². The SMILES string of the molecule is Cn1c2c(c3ccccc31)CCN1CCCC[C@H]21. The molecule has 0 unspecified atom stereocenters. The van der Waals surface area contributed by atoms with Crippen LogP contribution in [-0.2, 0) is 13.5 Å². The quantitative estimate of drug-likeness (QED) is 0.686. The fourth-order valence-electron chi connectivity index (χ4n) is 4.00. The fraction of sp³-hybridized carbons (Fsp3) is 0.500. The lowest BCUT2D eigenvalue weighted by atomic mass is 9.91. The third kappa shape index (κ3) is 1.33. The summed E-state index contributed by atoms with van der Waals surface area (Å²) in [5, 5.41) is 1.49. The average Bonchev–Trinajstić information content (AvgIpc) is 2.73. The van der Waals surface area contributed by atoms with E-state index in [0.29, 0.717) is 6.04 Å². The molecular weight excluding hydrogens is 220 g/mol. The van der Waals surface area contributed by atoms with Crippen molar-refractivity contribution in [3.63, 3.8) is 0 Å². The third-order valence-corrected chi connectivity index (χ3v) is 4.84. The van der Waals surface area contributed by atoms with E-state index in [-0.39, 0.29) is 0 Å². The summed E-state index contributed by atoms with van der Waals surface area (Å²) in [4.78, 5) is 2.70. The lowest BCUT2D eigenvalue weighted by Gasteiger charge is -2.40. The number of nitrogens with zero attached hydrogens (tertiary/aromatic N) is 2. The van der Waals surface area contributed by atoms with Crippen LogP contribution in [0, 0.1) is 0 Å². The van der Waals surface area contributed by atoms with E-state index >= 15 is 0 Å². The number of para-hydroxylation sites is 1. The Bertz CT molecular complexity index is 596. The molecule has 1 atom stereocenters. The lowest BCUT2D eigenvalue weighted by Crippen LogP contribution is -2.39. The highest BCUT2D eigenvalue weighted by atomic mass is 15.2. The average molecular weight is 240 g/mol. The molecule has 4 rings (SSSR count). The van der Waals surface area contributed by atoms with Crippen molar-refractivity contribution >= 4 is 10.9 Å². The van der Waals surface area contributed by atoms with E-state index in [1.807, 2.05) is 0 Å². The Morgan fingerprint density at radius 1 is 1.11 bits per heavy atom. The predicted molar refractivity (Wildman–Crippen MR) is 74.8 cm³/mol. The third-order valence-electron chi connectivity index (χ3n) is 4.84. The van der Waals surface area contributed by atoms with Gasteiger partial charge in [0.25, 0.3) is 0 Å². The summed E-state index contributed by atoms with van der Waals surface area (Å²) in [6.07, 6.45) is 5.35. The number of hydrogen-bond donors (Lipinski definition) is 0. The molecule has 0 saturated carbocycles. The first-order chi connectivity index (χ1) is 8.86. The molecular formula is C16H20N2. The van der Waals surface area contributed by atoms with Crippen LogP contribution in [0.2, 0.25) is 0 Å². The van der Waals surface area contributed by atoms with Crippen molar-refractivity contribution in [2.45, 2.75) is 31.7 Å². The van der Waals surface area contributed by atoms with Crippen molar-refractivity contribution in [2.24, 2.45) is 7.05 Å². The summed E-state index contributed by atoms with van der Waals surface area (Å²) in [6.45, 7) is 2.55. The standard InChI is InChI=1S/C16H20N2/c1-17-14-7-3-2-6-12(14)13-9-11-18-10-5-4-8-15(18)16(13)17/h2-3,6-7,15H,4-5,8-11H2,1H3/t15-/m1/s1. The molecule has 2 aliphatic heterocycles. The highest BCUT2D eigenvalue weighted by Gasteiger charge is 2.33. The molecule has 1 fully saturated rings. The first-order valence-corrected chi connectivity index (χ1v) is 7.16. The van der Waals surface area contributed by atoms with E-state index in [9.17, 15) is 0 Å². The maximum Gasteiger partial charge on any atom is 0.0503 e. The molecule has 2 heteroatoms. The minimum atomic E-state index is 0.680. The number of benzene rings is 1. The highest BCUT2D eigenvalue weighted by molar-refractivity contribution is 5.86. The van der Waals surface area contributed by atoms with Gasteiger partial charge in [-0.2, -0.15) is 0 Å². The zero-order valence-electron chi connectivity index (χ0n) is 11.0. The zero-order valence-corrected chi connectivity index (χ0v) is 11.0. The largest absolute Gasteiger partial charge is 0.346 e. The molecule has 2 aromatic rings. The van der Waals surface area contributed by atoms with Crippen LogP contribution in [0.3, 0.4) is 0 Å². The molecule has 1 saturated heterocycles. The van der Waals surface area contributed by atoms with Crippen LogP contribution in [0.1, 0.15) is 36.6 Å². The summed E-state index contributed by atoms with van der Waals surface area (Å²) >= 11 is 0. The van der Waals surface area contributed by atoms with Gasteiger partial charge in [0.1, 0.15) is 0 Å². The maximum absolute atomic E-state index is 2.70. The van der Waals surface area contributed by atoms with Crippen molar-refractivity contribution in [2.75, 3.05) is 13.1 Å². The van der Waals surface area contributed by atoms with E-state index in [1.165, 1.54) is 49.7 Å². The molecule has 2 nitrogen and oxygen atoms in total. The summed E-state index contributed by atoms with van der Waals surface area (Å²) < 4.78 is 2.45. The number of rotatable bonds is 0. The highest BCUT2D eigenvalue weighted by Crippen LogP contribution is 2.40. The monoisotopic (exact) mass is 240 g/mol. The zero-order chi connectivity index (χ0) is 12.1. The molecule has 0 radical (unpaired) electrons. The maximum atomic E-state index is 2.70. The molecule has 2 aliphatic rings. The first-order valence-electron chi connectivity index (χ1n) is 7.16. The summed E-state index contributed by atoms with van der Waals surface area (Å²) in [6, 6.07) is 9.58. The van der Waals surface area contributed by atoms with Gasteiger partial charge in [-0.1, -0.05) is 24.6 Å². The van der Waals surface area contributed by atoms with Crippen molar-refractivity contribution in [3.8, 4) is 0 Å². The van der Waals surface area contributed by atoms with E-state index in [1.54, 1.807) is 11.3 Å². The number of fused-ring (bicyclic) bond motifs is 5. The molecule has 0 N–H and O–H groups in total. The molecule has 18 heavy (non-hydrogen) atoms. The summed E-state index contributed by atoms with van der Waals surface area (Å²) in [5.74, 6) is 0. The molecule has 94 valence electrons. The van der Waals surface area contributed by atoms with Gasteiger partial charge in [-0.05, 0) is 37.4 Å². The van der Waals surface area contributed by atoms with Crippen LogP contribution in [-0.4, -0.2) is 22.6 Å². The fourth-order valence-corrected chi connectivity index (χ4v) is 4.00. The summed E-state index contributed by atoms with van der Waals surface area (Å²) in [5.41, 5.74) is 4.63. The Balaban J connectivity index is 1.96. The van der Waals surface area contributed by atoms with Gasteiger partial charge in [-0.15, -0.1) is 0 Å². The molecule has 0 bridgehead atoms. The van der Waals surface area contributed by atoms with Gasteiger partial charge < -0.3 is 4.57 Å². The topological polar surface area (TPSA) is 8.17 Å². The predicted octanol–water partition coefficient (Wildman–Crippen LogP) is 3.26. The van der Waals surface area contributed by atoms with Gasteiger partial charge >= 0.3 is 0 Å². The second kappa shape index (κ2) is 3.86. The van der Waals surface area contributed by atoms with Crippen LogP contribution < -0.4 is 0 Å². The Morgan fingerprint density at radius 2 is 2.00 bits per heavy atom. The Hall–Kier alpha value is -1.28. The van der Waals surface area contributed by atoms with Gasteiger partial charge in [0, 0.05) is 30.2 Å². The van der Waals surface area contributed by atoms with Crippen LogP contribution in [0.5, 0.6) is 0 Å². The smallest absolute Gasteiger partial charge is 0.0503 e. The Labute approximate surface area is 108 Å². The van der Waals surface area contributed by atoms with Crippen LogP contribution in [0.25, 0.3) is 10.9 Å². The van der Waals surface area contributed by atoms with Crippen molar-refractivity contribution in [1.29, 1.82) is 0 Å². The van der Waals surface area contributed by atoms with Crippen molar-refractivity contribution in [1.82, 2.24) is 9.47 Å². The minimum Gasteiger partial charge on any atom is -0.346 e. The summed E-state index contributed by atoms with van der Waals surface area (Å²) in [7, 11) is 2.25. The molecule has 3 heterocycles. The second-order valence-corrected chi connectivity index (χ2v) is 5.74. The second-order valence-electron chi connectivity index (χ2n) is 5.74. The van der Waals surface area contributed by atoms with Crippen LogP contribution in [0.15, 0.2) is 24.3 Å². The van der Waals surface area contributed by atoms with Gasteiger partial charge in [0.2, 0.25) is 0 Å². The number of hydrogen-bond acceptors (Lipinski definition) is 1. The van der Waals surface area contributed by atoms with Crippen molar-refractivity contribution < 1.29 is 0 Å². The number of aromatic nitrogens is 1. The first kappa shape index (κ1) is 10.6. The van der Waals surface area contributed by atoms with E-state index in [0.717, 1.165) is 0 Å². The molecule has 0 amide bonds. The Morgan fingerprint density at radius 3 is 2.94 bits per heavy atom. The minimum absolute atomic E-state index is 0.680. The van der Waals surface area contributed by atoms with Crippen LogP contribution >= 0.6 is 0 Å². The van der Waals surface area contributed by atoms with Crippen molar-refractivity contribution in [3.05, 3.63) is 35.5 Å². The van der Waals surface area contributed by atoms with Gasteiger partial charge in [-0.3, -0.25) is 4.90 Å². The van der Waals surface area contributed by atoms with E-state index in [2.05, 4.69) is 40.8 Å². The van der Waals surface area contributed by atoms with Gasteiger partial charge in [0.15, 0.2) is 0 Å². The number of piperidine rings is 1. The van der Waals surface area contributed by atoms with Gasteiger partial charge in [0.05, 0.1) is 6.04 Å². The molecule has 1 aromatic heterocycles. The van der Waals surface area contributed by atoms with Gasteiger partial charge in [-0.25, -0.2) is 0 Å². The molecule has 1 aromatic carbocycles. The molecule has 0 aliphatic carbocycles. The number of aryl methyl sites for hydroxylation is 1. The lowest BCUT2D eigenvalue weighted by molar-refractivity contribution is 0.133. The molecule has 0 spiro atoms. The normalized spacial score (nSPS) is 23.9.